The molecule has 12 heavy (non-hydrogen) atoms. The van der Waals surface area contributed by atoms with E-state index in [1.807, 2.05) is 13.8 Å². The lowest BCUT2D eigenvalue weighted by molar-refractivity contribution is 0.220. The van der Waals surface area contributed by atoms with Crippen LogP contribution in [0.25, 0.3) is 0 Å². The SMILES string of the molecule is CCOP(OCC)[18O][Si](C)(C)C. The molecule has 5 heteroatoms. The highest BCUT2D eigenvalue weighted by atomic mass is 31.2. The highest BCUT2D eigenvalue weighted by Gasteiger charge is 2.22. The summed E-state index contributed by atoms with van der Waals surface area (Å²) in [6.07, 6.45) is 0. The van der Waals surface area contributed by atoms with Crippen molar-refractivity contribution in [3.8, 4) is 0 Å². The van der Waals surface area contributed by atoms with E-state index in [0.717, 1.165) is 0 Å². The molecule has 0 N–H and O–H groups in total. The second kappa shape index (κ2) is 6.05. The monoisotopic (exact) mass is 212 g/mol. The standard InChI is InChI=1S/C7H19O3PSi/c1-6-8-11(9-7-2)10-12(3,4)5/h6-7H2,1-5H3/i10+2. The molecule has 0 fully saturated rings. The maximum atomic E-state index is 5.68. The van der Waals surface area contributed by atoms with Gasteiger partial charge in [0.05, 0.1) is 13.2 Å². The van der Waals surface area contributed by atoms with E-state index in [-0.39, 0.29) is 0 Å². The van der Waals surface area contributed by atoms with E-state index in [4.69, 9.17) is 13.3 Å². The fraction of sp³-hybridized carbons (Fsp3) is 1.00. The van der Waals surface area contributed by atoms with Gasteiger partial charge in [-0.1, -0.05) is 0 Å². The summed E-state index contributed by atoms with van der Waals surface area (Å²) in [5.41, 5.74) is 0. The Kier molecular flexibility index (Phi) is 6.32. The summed E-state index contributed by atoms with van der Waals surface area (Å²) in [6.45, 7) is 11.6. The first-order chi connectivity index (χ1) is 5.49. The van der Waals surface area contributed by atoms with Crippen molar-refractivity contribution in [2.75, 3.05) is 13.2 Å². The van der Waals surface area contributed by atoms with E-state index >= 15 is 0 Å². The normalized spacial score (nSPS) is 12.5. The molecule has 0 aliphatic heterocycles. The van der Waals surface area contributed by atoms with Gasteiger partial charge in [0, 0.05) is 0 Å². The second-order valence-electron chi connectivity index (χ2n) is 3.26. The van der Waals surface area contributed by atoms with Crippen LogP contribution in [0.1, 0.15) is 13.8 Å². The van der Waals surface area contributed by atoms with Crippen molar-refractivity contribution in [2.45, 2.75) is 33.5 Å². The van der Waals surface area contributed by atoms with Gasteiger partial charge in [-0.3, -0.25) is 0 Å². The van der Waals surface area contributed by atoms with Crippen molar-refractivity contribution in [3.63, 3.8) is 0 Å². The summed E-state index contributed by atoms with van der Waals surface area (Å²) in [7, 11) is -2.60. The number of rotatable bonds is 6. The van der Waals surface area contributed by atoms with Crippen LogP contribution in [-0.2, 0) is 13.3 Å². The molecule has 0 unspecified atom stereocenters. The summed E-state index contributed by atoms with van der Waals surface area (Å²) in [4.78, 5) is 0. The first-order valence-electron chi connectivity index (χ1n) is 4.24. The van der Waals surface area contributed by atoms with E-state index in [1.165, 1.54) is 0 Å². The molecule has 0 atom stereocenters. The summed E-state index contributed by atoms with van der Waals surface area (Å²) in [6, 6.07) is 0. The largest absolute Gasteiger partial charge is 0.355 e. The van der Waals surface area contributed by atoms with E-state index < -0.39 is 16.9 Å². The Bertz CT molecular complexity index is 110. The smallest absolute Gasteiger partial charge is 0.321 e. The molecule has 0 aromatic heterocycles. The summed E-state index contributed by atoms with van der Waals surface area (Å²) in [5.74, 6) is 0. The second-order valence-corrected chi connectivity index (χ2v) is 9.18. The average molecular weight is 212 g/mol. The van der Waals surface area contributed by atoms with E-state index in [1.54, 1.807) is 0 Å². The van der Waals surface area contributed by atoms with Crippen molar-refractivity contribution in [1.29, 1.82) is 0 Å². The van der Waals surface area contributed by atoms with Gasteiger partial charge in [-0.2, -0.15) is 0 Å². The fourth-order valence-corrected chi connectivity index (χ4v) is 3.23. The van der Waals surface area contributed by atoms with Gasteiger partial charge >= 0.3 is 8.60 Å². The maximum absolute atomic E-state index is 5.68. The summed E-state index contributed by atoms with van der Waals surface area (Å²) >= 11 is 0. The molecule has 0 aliphatic rings. The molecule has 3 nitrogen and oxygen atoms in total. The van der Waals surface area contributed by atoms with E-state index in [2.05, 4.69) is 19.6 Å². The van der Waals surface area contributed by atoms with Crippen molar-refractivity contribution in [3.05, 3.63) is 0 Å². The van der Waals surface area contributed by atoms with Crippen molar-refractivity contribution < 1.29 is 13.3 Å². The molecule has 0 aromatic rings. The van der Waals surface area contributed by atoms with Gasteiger partial charge in [0.2, 0.25) is 0 Å². The molecular weight excluding hydrogens is 193 g/mol. The molecule has 0 aromatic carbocycles. The third kappa shape index (κ3) is 7.19. The summed E-state index contributed by atoms with van der Waals surface area (Å²) in [5, 5.41) is 0. The minimum Gasteiger partial charge on any atom is -0.355 e. The van der Waals surface area contributed by atoms with Crippen LogP contribution in [0.3, 0.4) is 0 Å². The molecule has 0 heterocycles. The molecular formula is C7H19O3PSi. The van der Waals surface area contributed by atoms with Gasteiger partial charge in [0.15, 0.2) is 8.32 Å². The Hall–Kier alpha value is 0.527. The minimum atomic E-state index is -1.52. The van der Waals surface area contributed by atoms with Gasteiger partial charge in [-0.15, -0.1) is 0 Å². The topological polar surface area (TPSA) is 27.7 Å². The minimum absolute atomic E-state index is 0.649. The van der Waals surface area contributed by atoms with Crippen molar-refractivity contribution in [2.24, 2.45) is 0 Å². The molecule has 0 saturated heterocycles. The van der Waals surface area contributed by atoms with Gasteiger partial charge in [-0.05, 0) is 33.5 Å². The van der Waals surface area contributed by atoms with Crippen LogP contribution < -0.4 is 0 Å². The van der Waals surface area contributed by atoms with Gasteiger partial charge in [-0.25, -0.2) is 0 Å². The highest BCUT2D eigenvalue weighted by molar-refractivity contribution is 7.43. The predicted octanol–water partition coefficient (Wildman–Crippen LogP) is 3.14. The Labute approximate surface area is 77.5 Å². The predicted molar refractivity (Wildman–Crippen MR) is 54.6 cm³/mol. The molecule has 0 amide bonds. The fourth-order valence-electron chi connectivity index (χ4n) is 0.524. The Balaban J connectivity index is 3.77. The molecule has 0 aliphatic carbocycles. The highest BCUT2D eigenvalue weighted by Crippen LogP contribution is 2.42. The molecule has 74 valence electrons. The lowest BCUT2D eigenvalue weighted by atomic mass is 10.9. The molecule has 0 bridgehead atoms. The van der Waals surface area contributed by atoms with Gasteiger partial charge in [0.25, 0.3) is 0 Å². The number of hydrogen-bond donors (Lipinski definition) is 0. The first kappa shape index (κ1) is 12.5. The van der Waals surface area contributed by atoms with Gasteiger partial charge in [0.1, 0.15) is 0 Å². The van der Waals surface area contributed by atoms with Crippen molar-refractivity contribution in [1.82, 2.24) is 0 Å². The third-order valence-corrected chi connectivity index (χ3v) is 4.54. The third-order valence-electron chi connectivity index (χ3n) is 0.817. The van der Waals surface area contributed by atoms with Crippen LogP contribution >= 0.6 is 8.60 Å². The molecule has 0 radical (unpaired) electrons. The Morgan fingerprint density at radius 3 is 1.75 bits per heavy atom. The van der Waals surface area contributed by atoms with Crippen LogP contribution in [0.15, 0.2) is 0 Å². The lowest BCUT2D eigenvalue weighted by Gasteiger charge is -2.23. The van der Waals surface area contributed by atoms with Crippen LogP contribution in [0.5, 0.6) is 0 Å². The van der Waals surface area contributed by atoms with Crippen LogP contribution in [-0.4, -0.2) is 21.5 Å². The Morgan fingerprint density at radius 2 is 1.50 bits per heavy atom. The van der Waals surface area contributed by atoms with E-state index in [9.17, 15) is 0 Å². The maximum Gasteiger partial charge on any atom is 0.321 e. The first-order valence-corrected chi connectivity index (χ1v) is 8.75. The quantitative estimate of drug-likeness (QED) is 0.384. The van der Waals surface area contributed by atoms with Crippen molar-refractivity contribution >= 4 is 16.9 Å². The summed E-state index contributed by atoms with van der Waals surface area (Å²) < 4.78 is 16.3. The van der Waals surface area contributed by atoms with Crippen LogP contribution in [0.4, 0.5) is 0 Å². The molecule has 0 saturated carbocycles. The average Bonchev–Trinajstić information content (AvgIpc) is 1.84. The lowest BCUT2D eigenvalue weighted by Crippen LogP contribution is -2.23. The zero-order chi connectivity index (χ0) is 9.61. The van der Waals surface area contributed by atoms with E-state index in [0.29, 0.717) is 13.2 Å². The van der Waals surface area contributed by atoms with Gasteiger partial charge < -0.3 is 13.3 Å². The molecule has 0 spiro atoms. The zero-order valence-electron chi connectivity index (χ0n) is 8.59. The van der Waals surface area contributed by atoms with Crippen LogP contribution in [0.2, 0.25) is 19.6 Å². The number of hydrogen-bond acceptors (Lipinski definition) is 3. The zero-order valence-corrected chi connectivity index (χ0v) is 10.5. The molecule has 0 rings (SSSR count). The van der Waals surface area contributed by atoms with Crippen LogP contribution in [0, 0.1) is 0 Å². The Morgan fingerprint density at radius 1 is 1.08 bits per heavy atom.